The van der Waals surface area contributed by atoms with E-state index in [0.29, 0.717) is 0 Å². The number of carbonyl (C=O) groups is 2. The van der Waals surface area contributed by atoms with Crippen LogP contribution in [-0.2, 0) is 33.3 Å². The number of phenols is 3. The number of esters is 1. The molecule has 24 nitrogen and oxygen atoms in total. The van der Waals surface area contributed by atoms with Gasteiger partial charge in [-0.05, 0) is 12.1 Å². The zero-order valence-electron chi connectivity index (χ0n) is 30.8. The quantitative estimate of drug-likeness (QED) is 0.0439. The van der Waals surface area contributed by atoms with Gasteiger partial charge in [0.2, 0.25) is 18.3 Å². The highest BCUT2D eigenvalue weighted by Gasteiger charge is 2.52. The number of fused-ring (bicyclic) bond motifs is 1. The molecule has 60 heavy (non-hydrogen) atoms. The molecule has 14 N–H and O–H groups in total. The third-order valence-electron chi connectivity index (χ3n) is 9.86. The number of hydrogen-bond acceptors (Lipinski definition) is 22. The van der Waals surface area contributed by atoms with E-state index in [4.69, 9.17) is 42.7 Å². The molecule has 2 aromatic carbocycles. The maximum absolute atomic E-state index is 12.1. The fraction of sp³-hybridized carbons (Fsp3) is 0.528. The van der Waals surface area contributed by atoms with Crippen LogP contribution in [0.5, 0.6) is 28.7 Å². The summed E-state index contributed by atoms with van der Waals surface area (Å²) >= 11 is 0. The zero-order valence-corrected chi connectivity index (χ0v) is 30.8. The van der Waals surface area contributed by atoms with Crippen LogP contribution in [0.3, 0.4) is 0 Å². The fourth-order valence-electron chi connectivity index (χ4n) is 6.63. The van der Waals surface area contributed by atoms with Crippen LogP contribution in [0.1, 0.15) is 6.42 Å². The van der Waals surface area contributed by atoms with Crippen LogP contribution in [0.25, 0.3) is 22.3 Å². The van der Waals surface area contributed by atoms with Crippen LogP contribution in [-0.4, -0.2) is 195 Å². The number of rotatable bonds is 13. The number of aromatic hydroxyl groups is 3. The topological polar surface area (TPSA) is 393 Å². The molecule has 4 heterocycles. The van der Waals surface area contributed by atoms with Crippen molar-refractivity contribution in [3.8, 4) is 40.1 Å². The Morgan fingerprint density at radius 3 is 1.83 bits per heavy atom. The Labute approximate surface area is 336 Å². The average molecular weight is 860 g/mol. The first kappa shape index (κ1) is 44.8. The first-order chi connectivity index (χ1) is 28.4. The number of ether oxygens (including phenoxy) is 7. The number of aliphatic hydroxyl groups is 10. The van der Waals surface area contributed by atoms with Crippen LogP contribution < -0.4 is 9.47 Å². The van der Waals surface area contributed by atoms with Gasteiger partial charge in [-0.2, -0.15) is 0 Å². The molecule has 3 aliphatic rings. The summed E-state index contributed by atoms with van der Waals surface area (Å²) in [5.41, 5.74) is -0.212. The monoisotopic (exact) mass is 859 g/mol. The van der Waals surface area contributed by atoms with E-state index in [1.807, 2.05) is 0 Å². The minimum Gasteiger partial charge on any atom is -0.507 e. The molecule has 0 amide bonds. The van der Waals surface area contributed by atoms with Gasteiger partial charge in [0, 0.05) is 18.2 Å². The molecular weight excluding hydrogens is 816 g/mol. The number of carbonyl (C=O) groups excluding carboxylic acids is 1. The van der Waals surface area contributed by atoms with E-state index < -0.39 is 153 Å². The number of carboxylic acids is 1. The summed E-state index contributed by atoms with van der Waals surface area (Å²) in [6, 6.07) is 6.64. The van der Waals surface area contributed by atoms with Gasteiger partial charge in [-0.25, -0.2) is 4.42 Å². The first-order valence-corrected chi connectivity index (χ1v) is 18.1. The van der Waals surface area contributed by atoms with Crippen LogP contribution in [0.15, 0.2) is 40.8 Å². The molecule has 0 spiro atoms. The highest BCUT2D eigenvalue weighted by Crippen LogP contribution is 2.43. The van der Waals surface area contributed by atoms with E-state index in [1.165, 1.54) is 6.07 Å². The molecule has 0 unspecified atom stereocenters. The van der Waals surface area contributed by atoms with Gasteiger partial charge in [-0.3, -0.25) is 9.59 Å². The van der Waals surface area contributed by atoms with E-state index >= 15 is 0 Å². The lowest BCUT2D eigenvalue weighted by Crippen LogP contribution is -2.65. The number of benzene rings is 2. The summed E-state index contributed by atoms with van der Waals surface area (Å²) in [6.07, 6.45) is -28.4. The van der Waals surface area contributed by atoms with Gasteiger partial charge in [0.05, 0.1) is 24.8 Å². The Kier molecular flexibility index (Phi) is 13.8. The Balaban J connectivity index is 1.35. The molecule has 0 saturated carbocycles. The lowest BCUT2D eigenvalue weighted by atomic mass is 9.97. The van der Waals surface area contributed by atoms with Gasteiger partial charge in [-0.15, -0.1) is 0 Å². The summed E-state index contributed by atoms with van der Waals surface area (Å²) < 4.78 is 44.6. The molecule has 3 aromatic rings. The molecule has 1 aromatic heterocycles. The summed E-state index contributed by atoms with van der Waals surface area (Å²) in [5, 5.41) is 145. The normalized spacial score (nSPS) is 34.5. The molecule has 15 atom stereocenters. The van der Waals surface area contributed by atoms with Crippen molar-refractivity contribution in [2.24, 2.45) is 0 Å². The van der Waals surface area contributed by atoms with Crippen LogP contribution in [0, 0.1) is 0 Å². The van der Waals surface area contributed by atoms with Gasteiger partial charge < -0.3 is 105 Å². The van der Waals surface area contributed by atoms with Gasteiger partial charge in [-0.1, -0.05) is 0 Å². The molecule has 0 radical (unpaired) electrons. The summed E-state index contributed by atoms with van der Waals surface area (Å²) in [6.45, 7) is -2.51. The lowest BCUT2D eigenvalue weighted by Gasteiger charge is -2.45. The number of aliphatic hydroxyl groups excluding tert-OH is 10. The Morgan fingerprint density at radius 1 is 0.633 bits per heavy atom. The Hall–Kier alpha value is -4.77. The van der Waals surface area contributed by atoms with Crippen molar-refractivity contribution in [3.63, 3.8) is 0 Å². The summed E-state index contributed by atoms with van der Waals surface area (Å²) in [7, 11) is 0. The molecule has 330 valence electrons. The smallest absolute Gasteiger partial charge is 0.402 e. The van der Waals surface area contributed by atoms with Crippen LogP contribution in [0.4, 0.5) is 0 Å². The first-order valence-electron chi connectivity index (χ1n) is 18.1. The van der Waals surface area contributed by atoms with Gasteiger partial charge in [0.1, 0.15) is 103 Å². The number of hydrogen-bond donors (Lipinski definition) is 14. The van der Waals surface area contributed by atoms with E-state index in [0.717, 1.165) is 30.3 Å². The standard InChI is InChI=1S/C36H42O24/c37-8-19-24(45)27(48)29(50)34(57-19)55-16-2-1-11(3-15(16)41)32-18(6-13-14(40)4-12(39)5-17(13)54-32)56-36-31(52)33(26(47)21(59-36)10-53-23(44)7-22(42)43)60-35-30(51)28(49)25(46)20(9-38)58-35/h1-6,19-21,24-31,33-38,45-52H,7-10H2,(H3-,39,40,41,42,43)/p+1/t19-,20-,21+,24+,25+,26+,27-,28-,29-,30+,31+,33-,34+,35-,36+/m0/s1. The molecule has 3 fully saturated rings. The predicted octanol–water partition coefficient (Wildman–Crippen LogP) is -4.30. The summed E-state index contributed by atoms with van der Waals surface area (Å²) in [4.78, 5) is 23.2. The van der Waals surface area contributed by atoms with Crippen LogP contribution >= 0.6 is 0 Å². The largest absolute Gasteiger partial charge is 0.507 e. The summed E-state index contributed by atoms with van der Waals surface area (Å²) in [5.74, 6) is -5.52. The maximum atomic E-state index is 12.1. The maximum Gasteiger partial charge on any atom is 0.402 e. The van der Waals surface area contributed by atoms with Crippen molar-refractivity contribution < 1.29 is 119 Å². The van der Waals surface area contributed by atoms with E-state index in [1.54, 1.807) is 0 Å². The second-order valence-electron chi connectivity index (χ2n) is 14.0. The minimum atomic E-state index is -2.11. The van der Waals surface area contributed by atoms with Crippen molar-refractivity contribution in [2.45, 2.75) is 98.5 Å². The number of aliphatic carboxylic acids is 1. The Morgan fingerprint density at radius 2 is 1.22 bits per heavy atom. The molecule has 24 heteroatoms. The van der Waals surface area contributed by atoms with Gasteiger partial charge >= 0.3 is 23.3 Å². The fourth-order valence-corrected chi connectivity index (χ4v) is 6.63. The van der Waals surface area contributed by atoms with Gasteiger partial charge in [0.15, 0.2) is 17.8 Å². The highest BCUT2D eigenvalue weighted by molar-refractivity contribution is 5.90. The third kappa shape index (κ3) is 9.26. The second-order valence-corrected chi connectivity index (χ2v) is 14.0. The molecule has 3 saturated heterocycles. The number of phenolic OH excluding ortho intramolecular Hbond substituents is 3. The molecule has 0 aliphatic carbocycles. The van der Waals surface area contributed by atoms with Crippen molar-refractivity contribution in [1.29, 1.82) is 0 Å². The zero-order chi connectivity index (χ0) is 43.7. The van der Waals surface area contributed by atoms with Crippen molar-refractivity contribution in [3.05, 3.63) is 36.4 Å². The molecular formula is C36H43O24+. The Bertz CT molecular complexity index is 1990. The molecule has 6 rings (SSSR count). The van der Waals surface area contributed by atoms with E-state index in [9.17, 15) is 76.0 Å². The van der Waals surface area contributed by atoms with Crippen molar-refractivity contribution >= 4 is 22.9 Å². The number of carboxylic acid groups (broad SMARTS) is 1. The average Bonchev–Trinajstić information content (AvgIpc) is 3.20. The highest BCUT2D eigenvalue weighted by atomic mass is 16.7. The van der Waals surface area contributed by atoms with E-state index in [2.05, 4.69) is 0 Å². The van der Waals surface area contributed by atoms with Crippen molar-refractivity contribution in [1.82, 2.24) is 0 Å². The third-order valence-corrected chi connectivity index (χ3v) is 9.86. The van der Waals surface area contributed by atoms with Crippen LogP contribution in [0.2, 0.25) is 0 Å². The van der Waals surface area contributed by atoms with Gasteiger partial charge in [0.25, 0.3) is 0 Å². The molecule has 0 bridgehead atoms. The molecule has 3 aliphatic heterocycles. The van der Waals surface area contributed by atoms with Crippen molar-refractivity contribution in [2.75, 3.05) is 19.8 Å². The SMILES string of the molecule is O=C(O)CC(=O)OC[C@H]1O[C@@H](Oc2cc3c(O)cc(O)cc3[o+]c2-c2ccc(O[C@@H]3O[C@@H](CO)[C@@H](O)[C@H](O)[C@@H]3O)c(O)c2)[C@H](O)[C@@H](O[C@@H]2O[C@@H](CO)[C@@H](O)[C@H](O)[C@H]2O)[C@@H]1O. The minimum absolute atomic E-state index is 0.0491. The predicted molar refractivity (Wildman–Crippen MR) is 189 cm³/mol. The lowest BCUT2D eigenvalue weighted by molar-refractivity contribution is -0.353. The second kappa shape index (κ2) is 18.5. The van der Waals surface area contributed by atoms with E-state index in [-0.39, 0.29) is 28.0 Å².